The van der Waals surface area contributed by atoms with E-state index in [2.05, 4.69) is 10.1 Å². The number of nitrogens with zero attached hydrogens (tertiary/aromatic N) is 3. The average Bonchev–Trinajstić information content (AvgIpc) is 3.12. The number of hydrogen-bond acceptors (Lipinski definition) is 6. The minimum absolute atomic E-state index is 0.100. The van der Waals surface area contributed by atoms with Crippen molar-refractivity contribution in [2.45, 2.75) is 6.54 Å². The van der Waals surface area contributed by atoms with Gasteiger partial charge in [-0.25, -0.2) is 9.48 Å². The molecule has 0 radical (unpaired) electrons. The standard InChI is InChI=1S/C19H17N3O5/c1-26-12-6-7-13(18(9-12)27-2)17(23)11-22-16(19(24)25)10-15(21-22)14-5-3-4-8-20-14/h3-10H,11H2,1-2H3,(H,24,25). The molecule has 2 aromatic heterocycles. The van der Waals surface area contributed by atoms with Crippen LogP contribution in [0.3, 0.4) is 0 Å². The van der Waals surface area contributed by atoms with E-state index >= 15 is 0 Å². The number of ketones is 1. The van der Waals surface area contributed by atoms with Crippen molar-refractivity contribution in [3.8, 4) is 22.9 Å². The second-order valence-corrected chi connectivity index (χ2v) is 5.58. The zero-order valence-electron chi connectivity index (χ0n) is 14.7. The van der Waals surface area contributed by atoms with E-state index in [1.807, 2.05) is 0 Å². The molecule has 0 fully saturated rings. The molecule has 0 bridgehead atoms. The molecule has 0 saturated carbocycles. The summed E-state index contributed by atoms with van der Waals surface area (Å²) in [6.07, 6.45) is 1.59. The van der Waals surface area contributed by atoms with E-state index < -0.39 is 5.97 Å². The molecular weight excluding hydrogens is 350 g/mol. The van der Waals surface area contributed by atoms with Crippen LogP contribution in [-0.4, -0.2) is 45.8 Å². The molecule has 8 nitrogen and oxygen atoms in total. The topological polar surface area (TPSA) is 104 Å². The van der Waals surface area contributed by atoms with Gasteiger partial charge in [0.05, 0.1) is 25.5 Å². The average molecular weight is 367 g/mol. The van der Waals surface area contributed by atoms with Crippen LogP contribution in [0.1, 0.15) is 20.8 Å². The van der Waals surface area contributed by atoms with Gasteiger partial charge in [-0.2, -0.15) is 5.10 Å². The SMILES string of the molecule is COc1ccc(C(=O)Cn2nc(-c3ccccn3)cc2C(=O)O)c(OC)c1. The van der Waals surface area contributed by atoms with E-state index in [0.29, 0.717) is 28.5 Å². The van der Waals surface area contributed by atoms with E-state index in [0.717, 1.165) is 4.68 Å². The summed E-state index contributed by atoms with van der Waals surface area (Å²) in [7, 11) is 2.96. The third-order valence-electron chi connectivity index (χ3n) is 3.93. The Morgan fingerprint density at radius 1 is 1.07 bits per heavy atom. The molecule has 3 rings (SSSR count). The summed E-state index contributed by atoms with van der Waals surface area (Å²) in [5.41, 5.74) is 1.11. The highest BCUT2D eigenvalue weighted by Crippen LogP contribution is 2.26. The van der Waals surface area contributed by atoms with E-state index in [1.165, 1.54) is 20.3 Å². The molecule has 1 aromatic carbocycles. The summed E-state index contributed by atoms with van der Waals surface area (Å²) in [5, 5.41) is 13.7. The van der Waals surface area contributed by atoms with Crippen LogP contribution >= 0.6 is 0 Å². The molecule has 0 aliphatic rings. The Bertz CT molecular complexity index is 982. The molecule has 8 heteroatoms. The van der Waals surface area contributed by atoms with E-state index in [1.54, 1.807) is 42.6 Å². The van der Waals surface area contributed by atoms with Gasteiger partial charge < -0.3 is 14.6 Å². The Labute approximate surface area is 155 Å². The van der Waals surface area contributed by atoms with Crippen LogP contribution < -0.4 is 9.47 Å². The van der Waals surface area contributed by atoms with Gasteiger partial charge in [0.1, 0.15) is 29.4 Å². The predicted octanol–water partition coefficient (Wildman–Crippen LogP) is 2.54. The number of benzene rings is 1. The van der Waals surface area contributed by atoms with Crippen molar-refractivity contribution < 1.29 is 24.2 Å². The number of methoxy groups -OCH3 is 2. The Hall–Kier alpha value is -3.68. The van der Waals surface area contributed by atoms with Crippen LogP contribution in [0, 0.1) is 0 Å². The zero-order chi connectivity index (χ0) is 19.4. The third kappa shape index (κ3) is 3.79. The monoisotopic (exact) mass is 367 g/mol. The summed E-state index contributed by atoms with van der Waals surface area (Å²) in [6.45, 7) is -0.253. The fraction of sp³-hybridized carbons (Fsp3) is 0.158. The fourth-order valence-electron chi connectivity index (χ4n) is 2.60. The lowest BCUT2D eigenvalue weighted by Gasteiger charge is -2.10. The summed E-state index contributed by atoms with van der Waals surface area (Å²) in [5.74, 6) is -0.633. The number of hydrogen-bond donors (Lipinski definition) is 1. The lowest BCUT2D eigenvalue weighted by molar-refractivity contribution is 0.0683. The Morgan fingerprint density at radius 3 is 2.52 bits per heavy atom. The molecule has 2 heterocycles. The number of rotatable bonds is 7. The molecule has 0 unspecified atom stereocenters. The largest absolute Gasteiger partial charge is 0.497 e. The van der Waals surface area contributed by atoms with Gasteiger partial charge in [0.2, 0.25) is 0 Å². The molecule has 1 N–H and O–H groups in total. The van der Waals surface area contributed by atoms with Crippen molar-refractivity contribution in [2.75, 3.05) is 14.2 Å². The summed E-state index contributed by atoms with van der Waals surface area (Å²) < 4.78 is 11.5. The number of aromatic carboxylic acids is 1. The second kappa shape index (κ2) is 7.69. The molecule has 0 aliphatic heterocycles. The number of Topliss-reactive ketones (excluding diaryl/α,β-unsaturated/α-hetero) is 1. The lowest BCUT2D eigenvalue weighted by Crippen LogP contribution is -2.17. The smallest absolute Gasteiger partial charge is 0.354 e. The molecule has 0 saturated heterocycles. The minimum atomic E-state index is -1.18. The number of carbonyl (C=O) groups is 2. The normalized spacial score (nSPS) is 10.4. The third-order valence-corrected chi connectivity index (χ3v) is 3.93. The van der Waals surface area contributed by atoms with Crippen molar-refractivity contribution in [2.24, 2.45) is 0 Å². The van der Waals surface area contributed by atoms with Crippen LogP contribution in [0.5, 0.6) is 11.5 Å². The van der Waals surface area contributed by atoms with Gasteiger partial charge in [-0.15, -0.1) is 0 Å². The van der Waals surface area contributed by atoms with Crippen LogP contribution in [0.4, 0.5) is 0 Å². The van der Waals surface area contributed by atoms with Gasteiger partial charge in [0.15, 0.2) is 5.78 Å². The number of pyridine rings is 1. The predicted molar refractivity (Wildman–Crippen MR) is 96.3 cm³/mol. The van der Waals surface area contributed by atoms with Crippen LogP contribution in [0.25, 0.3) is 11.4 Å². The first-order valence-electron chi connectivity index (χ1n) is 8.01. The summed E-state index contributed by atoms with van der Waals surface area (Å²) in [6, 6.07) is 11.4. The second-order valence-electron chi connectivity index (χ2n) is 5.58. The van der Waals surface area contributed by atoms with E-state index in [4.69, 9.17) is 9.47 Å². The number of carbonyl (C=O) groups excluding carboxylic acids is 1. The van der Waals surface area contributed by atoms with Crippen molar-refractivity contribution in [3.63, 3.8) is 0 Å². The molecule has 138 valence electrons. The fourth-order valence-corrected chi connectivity index (χ4v) is 2.60. The summed E-state index contributed by atoms with van der Waals surface area (Å²) >= 11 is 0. The maximum absolute atomic E-state index is 12.7. The highest BCUT2D eigenvalue weighted by Gasteiger charge is 2.20. The van der Waals surface area contributed by atoms with Crippen molar-refractivity contribution >= 4 is 11.8 Å². The van der Waals surface area contributed by atoms with E-state index in [9.17, 15) is 14.7 Å². The molecule has 0 amide bonds. The number of ether oxygens (including phenoxy) is 2. The number of carboxylic acid groups (broad SMARTS) is 1. The van der Waals surface area contributed by atoms with Crippen LogP contribution in [0.15, 0.2) is 48.7 Å². The van der Waals surface area contributed by atoms with Crippen molar-refractivity contribution in [1.82, 2.24) is 14.8 Å². The van der Waals surface area contributed by atoms with Gasteiger partial charge >= 0.3 is 5.97 Å². The Balaban J connectivity index is 1.94. The first-order chi connectivity index (χ1) is 13.0. The number of carboxylic acids is 1. The lowest BCUT2D eigenvalue weighted by atomic mass is 10.1. The van der Waals surface area contributed by atoms with Gasteiger partial charge in [0.25, 0.3) is 0 Å². The molecule has 0 atom stereocenters. The van der Waals surface area contributed by atoms with Crippen molar-refractivity contribution in [1.29, 1.82) is 0 Å². The molecule has 0 spiro atoms. The maximum Gasteiger partial charge on any atom is 0.354 e. The van der Waals surface area contributed by atoms with Gasteiger partial charge in [-0.3, -0.25) is 9.78 Å². The first-order valence-corrected chi connectivity index (χ1v) is 8.01. The van der Waals surface area contributed by atoms with Crippen LogP contribution in [0.2, 0.25) is 0 Å². The zero-order valence-corrected chi connectivity index (χ0v) is 14.7. The van der Waals surface area contributed by atoms with E-state index in [-0.39, 0.29) is 18.0 Å². The summed E-state index contributed by atoms with van der Waals surface area (Å²) in [4.78, 5) is 28.4. The number of aromatic nitrogens is 3. The molecule has 0 aliphatic carbocycles. The first kappa shape index (κ1) is 18.1. The van der Waals surface area contributed by atoms with Gasteiger partial charge in [0, 0.05) is 18.3 Å². The highest BCUT2D eigenvalue weighted by atomic mass is 16.5. The highest BCUT2D eigenvalue weighted by molar-refractivity contribution is 5.99. The quantitative estimate of drug-likeness (QED) is 0.640. The minimum Gasteiger partial charge on any atom is -0.497 e. The maximum atomic E-state index is 12.7. The van der Waals surface area contributed by atoms with Gasteiger partial charge in [-0.1, -0.05) is 6.07 Å². The Kier molecular flexibility index (Phi) is 5.16. The van der Waals surface area contributed by atoms with Crippen LogP contribution in [-0.2, 0) is 6.54 Å². The molecular formula is C19H17N3O5. The Morgan fingerprint density at radius 2 is 1.89 bits per heavy atom. The van der Waals surface area contributed by atoms with Gasteiger partial charge in [-0.05, 0) is 24.3 Å². The van der Waals surface area contributed by atoms with Crippen molar-refractivity contribution in [3.05, 3.63) is 59.9 Å². The molecule has 27 heavy (non-hydrogen) atoms. The molecule has 3 aromatic rings.